The summed E-state index contributed by atoms with van der Waals surface area (Å²) in [5, 5.41) is 7.72. The Labute approximate surface area is 94.8 Å². The molecular formula is C13H15NS. The Hall–Kier alpha value is -1.28. The molecule has 1 heterocycles. The normalized spacial score (nSPS) is 10.3. The van der Waals surface area contributed by atoms with Crippen LogP contribution in [0.1, 0.15) is 16.7 Å². The van der Waals surface area contributed by atoms with E-state index in [9.17, 15) is 0 Å². The van der Waals surface area contributed by atoms with Crippen molar-refractivity contribution in [3.05, 3.63) is 51.7 Å². The van der Waals surface area contributed by atoms with Crippen molar-refractivity contribution in [2.45, 2.75) is 20.4 Å². The Bertz CT molecular complexity index is 412. The van der Waals surface area contributed by atoms with E-state index in [4.69, 9.17) is 0 Å². The molecule has 0 fully saturated rings. The van der Waals surface area contributed by atoms with Gasteiger partial charge in [-0.25, -0.2) is 0 Å². The van der Waals surface area contributed by atoms with Gasteiger partial charge in [0.1, 0.15) is 0 Å². The van der Waals surface area contributed by atoms with E-state index in [1.807, 2.05) is 0 Å². The smallest absolute Gasteiger partial charge is 0.0409 e. The van der Waals surface area contributed by atoms with E-state index in [1.165, 1.54) is 22.4 Å². The van der Waals surface area contributed by atoms with Gasteiger partial charge in [0.05, 0.1) is 0 Å². The van der Waals surface area contributed by atoms with Crippen molar-refractivity contribution in [2.75, 3.05) is 5.32 Å². The van der Waals surface area contributed by atoms with E-state index in [2.05, 4.69) is 54.2 Å². The highest BCUT2D eigenvalue weighted by molar-refractivity contribution is 7.07. The number of nitrogens with one attached hydrogen (secondary N) is 1. The molecule has 78 valence electrons. The summed E-state index contributed by atoms with van der Waals surface area (Å²) in [5.41, 5.74) is 5.17. The fourth-order valence-electron chi connectivity index (χ4n) is 1.67. The van der Waals surface area contributed by atoms with Crippen LogP contribution >= 0.6 is 11.3 Å². The van der Waals surface area contributed by atoms with E-state index in [0.717, 1.165) is 6.54 Å². The van der Waals surface area contributed by atoms with E-state index >= 15 is 0 Å². The van der Waals surface area contributed by atoms with Crippen molar-refractivity contribution in [3.8, 4) is 0 Å². The summed E-state index contributed by atoms with van der Waals surface area (Å²) in [6.07, 6.45) is 0. The summed E-state index contributed by atoms with van der Waals surface area (Å²) in [4.78, 5) is 0. The van der Waals surface area contributed by atoms with Crippen LogP contribution in [0.4, 0.5) is 5.69 Å². The quantitative estimate of drug-likeness (QED) is 0.820. The summed E-state index contributed by atoms with van der Waals surface area (Å²) < 4.78 is 0. The average molecular weight is 217 g/mol. The van der Waals surface area contributed by atoms with Gasteiger partial charge in [0.2, 0.25) is 0 Å². The Morgan fingerprint density at radius 1 is 1.13 bits per heavy atom. The van der Waals surface area contributed by atoms with Crippen LogP contribution in [0, 0.1) is 13.8 Å². The Morgan fingerprint density at radius 2 is 1.87 bits per heavy atom. The third-order valence-corrected chi connectivity index (χ3v) is 3.03. The maximum atomic E-state index is 3.44. The predicted molar refractivity (Wildman–Crippen MR) is 67.6 cm³/mol. The molecule has 0 saturated carbocycles. The lowest BCUT2D eigenvalue weighted by molar-refractivity contribution is 1.16. The molecule has 0 aliphatic heterocycles. The van der Waals surface area contributed by atoms with Crippen molar-refractivity contribution in [3.63, 3.8) is 0 Å². The maximum Gasteiger partial charge on any atom is 0.0409 e. The number of hydrogen-bond donors (Lipinski definition) is 1. The van der Waals surface area contributed by atoms with Crippen LogP contribution in [-0.4, -0.2) is 0 Å². The number of benzene rings is 1. The van der Waals surface area contributed by atoms with Crippen LogP contribution < -0.4 is 5.32 Å². The molecule has 1 aromatic heterocycles. The van der Waals surface area contributed by atoms with Gasteiger partial charge in [0, 0.05) is 12.2 Å². The summed E-state index contributed by atoms with van der Waals surface area (Å²) in [7, 11) is 0. The zero-order valence-electron chi connectivity index (χ0n) is 9.08. The first-order chi connectivity index (χ1) is 7.24. The van der Waals surface area contributed by atoms with Crippen LogP contribution in [0.15, 0.2) is 35.0 Å². The first kappa shape index (κ1) is 10.2. The third-order valence-electron chi connectivity index (χ3n) is 2.30. The lowest BCUT2D eigenvalue weighted by atomic mass is 10.1. The van der Waals surface area contributed by atoms with Crippen molar-refractivity contribution < 1.29 is 0 Å². The zero-order valence-corrected chi connectivity index (χ0v) is 9.90. The molecule has 1 aromatic carbocycles. The molecule has 0 spiro atoms. The minimum atomic E-state index is 0.909. The van der Waals surface area contributed by atoms with Crippen LogP contribution in [-0.2, 0) is 6.54 Å². The molecule has 1 N–H and O–H groups in total. The van der Waals surface area contributed by atoms with Crippen molar-refractivity contribution >= 4 is 17.0 Å². The van der Waals surface area contributed by atoms with Crippen LogP contribution in [0.3, 0.4) is 0 Å². The SMILES string of the molecule is Cc1cc(C)cc(NCc2ccsc2)c1. The van der Waals surface area contributed by atoms with Gasteiger partial charge in [0.15, 0.2) is 0 Å². The molecule has 0 aliphatic carbocycles. The summed E-state index contributed by atoms with van der Waals surface area (Å²) >= 11 is 1.74. The second-order valence-corrected chi connectivity index (χ2v) is 4.64. The van der Waals surface area contributed by atoms with Crippen LogP contribution in [0.2, 0.25) is 0 Å². The molecule has 2 heteroatoms. The van der Waals surface area contributed by atoms with Gasteiger partial charge in [-0.2, -0.15) is 11.3 Å². The van der Waals surface area contributed by atoms with Gasteiger partial charge in [-0.15, -0.1) is 0 Å². The molecule has 0 bridgehead atoms. The average Bonchev–Trinajstić information content (AvgIpc) is 2.65. The Balaban J connectivity index is 2.05. The van der Waals surface area contributed by atoms with Crippen LogP contribution in [0.5, 0.6) is 0 Å². The number of anilines is 1. The minimum Gasteiger partial charge on any atom is -0.381 e. The number of thiophene rings is 1. The standard InChI is InChI=1S/C13H15NS/c1-10-5-11(2)7-13(6-10)14-8-12-3-4-15-9-12/h3-7,9,14H,8H2,1-2H3. The molecule has 15 heavy (non-hydrogen) atoms. The molecule has 0 atom stereocenters. The fraction of sp³-hybridized carbons (Fsp3) is 0.231. The second kappa shape index (κ2) is 4.49. The number of rotatable bonds is 3. The summed E-state index contributed by atoms with van der Waals surface area (Å²) in [6, 6.07) is 8.70. The van der Waals surface area contributed by atoms with E-state index < -0.39 is 0 Å². The second-order valence-electron chi connectivity index (χ2n) is 3.86. The van der Waals surface area contributed by atoms with Crippen LogP contribution in [0.25, 0.3) is 0 Å². The van der Waals surface area contributed by atoms with Crippen molar-refractivity contribution in [2.24, 2.45) is 0 Å². The predicted octanol–water partition coefficient (Wildman–Crippen LogP) is 3.98. The Morgan fingerprint density at radius 3 is 2.47 bits per heavy atom. The fourth-order valence-corrected chi connectivity index (χ4v) is 2.34. The first-order valence-corrected chi connectivity index (χ1v) is 6.01. The van der Waals surface area contributed by atoms with Gasteiger partial charge >= 0.3 is 0 Å². The number of aryl methyl sites for hydroxylation is 2. The summed E-state index contributed by atoms with van der Waals surface area (Å²) in [5.74, 6) is 0. The maximum absolute atomic E-state index is 3.44. The first-order valence-electron chi connectivity index (χ1n) is 5.07. The number of hydrogen-bond acceptors (Lipinski definition) is 2. The third kappa shape index (κ3) is 2.83. The van der Waals surface area contributed by atoms with E-state index in [1.54, 1.807) is 11.3 Å². The highest BCUT2D eigenvalue weighted by atomic mass is 32.1. The van der Waals surface area contributed by atoms with Crippen molar-refractivity contribution in [1.82, 2.24) is 0 Å². The van der Waals surface area contributed by atoms with E-state index in [0.29, 0.717) is 0 Å². The van der Waals surface area contributed by atoms with Crippen molar-refractivity contribution in [1.29, 1.82) is 0 Å². The molecular weight excluding hydrogens is 202 g/mol. The largest absolute Gasteiger partial charge is 0.381 e. The lowest BCUT2D eigenvalue weighted by Crippen LogP contribution is -1.98. The zero-order chi connectivity index (χ0) is 10.7. The molecule has 0 unspecified atom stereocenters. The van der Waals surface area contributed by atoms with Gasteiger partial charge < -0.3 is 5.32 Å². The molecule has 0 radical (unpaired) electrons. The molecule has 2 rings (SSSR count). The highest BCUT2D eigenvalue weighted by Gasteiger charge is 1.96. The van der Waals surface area contributed by atoms with Gasteiger partial charge in [-0.1, -0.05) is 6.07 Å². The Kier molecular flexibility index (Phi) is 3.07. The van der Waals surface area contributed by atoms with Gasteiger partial charge in [-0.3, -0.25) is 0 Å². The summed E-state index contributed by atoms with van der Waals surface area (Å²) in [6.45, 7) is 5.16. The monoisotopic (exact) mass is 217 g/mol. The van der Waals surface area contributed by atoms with Gasteiger partial charge in [0.25, 0.3) is 0 Å². The molecule has 1 nitrogen and oxygen atoms in total. The molecule has 0 saturated heterocycles. The molecule has 2 aromatic rings. The highest BCUT2D eigenvalue weighted by Crippen LogP contribution is 2.15. The van der Waals surface area contributed by atoms with Gasteiger partial charge in [-0.05, 0) is 59.5 Å². The lowest BCUT2D eigenvalue weighted by Gasteiger charge is -2.07. The topological polar surface area (TPSA) is 12.0 Å². The molecule has 0 amide bonds. The molecule has 0 aliphatic rings. The minimum absolute atomic E-state index is 0.909. The van der Waals surface area contributed by atoms with E-state index in [-0.39, 0.29) is 0 Å².